The van der Waals surface area contributed by atoms with Crippen LogP contribution in [-0.2, 0) is 0 Å². The second-order valence-electron chi connectivity index (χ2n) is 3.23. The molecule has 2 heteroatoms. The molecule has 0 atom stereocenters. The molecule has 2 N–H and O–H groups in total. The molecule has 1 aromatic carbocycles. The highest BCUT2D eigenvalue weighted by atomic mass is 32.1. The first-order valence-corrected chi connectivity index (χ1v) is 5.49. The molecule has 0 radical (unpaired) electrons. The van der Waals surface area contributed by atoms with Gasteiger partial charge in [0.1, 0.15) is 0 Å². The summed E-state index contributed by atoms with van der Waals surface area (Å²) in [5.41, 5.74) is 6.80. The van der Waals surface area contributed by atoms with Gasteiger partial charge in [-0.05, 0) is 30.0 Å². The minimum Gasteiger partial charge on any atom is -0.327 e. The Balaban J connectivity index is 2.57. The van der Waals surface area contributed by atoms with E-state index in [0.717, 1.165) is 0 Å². The number of aryl methyl sites for hydroxylation is 1. The van der Waals surface area contributed by atoms with Gasteiger partial charge < -0.3 is 5.73 Å². The Morgan fingerprint density at radius 2 is 2.14 bits per heavy atom. The van der Waals surface area contributed by atoms with Gasteiger partial charge in [-0.15, -0.1) is 11.3 Å². The van der Waals surface area contributed by atoms with Crippen molar-refractivity contribution in [3.8, 4) is 0 Å². The van der Waals surface area contributed by atoms with Crippen molar-refractivity contribution in [2.45, 2.75) is 6.92 Å². The quantitative estimate of drug-likeness (QED) is 0.797. The first-order valence-electron chi connectivity index (χ1n) is 4.67. The highest BCUT2D eigenvalue weighted by molar-refractivity contribution is 7.20. The molecule has 2 aromatic rings. The molecule has 0 saturated carbocycles. The second kappa shape index (κ2) is 3.95. The molecule has 0 unspecified atom stereocenters. The topological polar surface area (TPSA) is 26.0 Å². The molecule has 0 aliphatic carbocycles. The van der Waals surface area contributed by atoms with E-state index < -0.39 is 0 Å². The normalized spacial score (nSPS) is 11.6. The Labute approximate surface area is 87.9 Å². The van der Waals surface area contributed by atoms with Crippen LogP contribution in [-0.4, -0.2) is 6.54 Å². The Kier molecular flexibility index (Phi) is 2.66. The lowest BCUT2D eigenvalue weighted by molar-refractivity contribution is 1.26. The SMILES string of the molecule is Cc1c(C=CCN)sc2ccccc12. The lowest BCUT2D eigenvalue weighted by Gasteiger charge is -1.90. The maximum atomic E-state index is 5.44. The van der Waals surface area contributed by atoms with E-state index in [9.17, 15) is 0 Å². The number of hydrogen-bond acceptors (Lipinski definition) is 2. The van der Waals surface area contributed by atoms with Gasteiger partial charge in [0.15, 0.2) is 0 Å². The van der Waals surface area contributed by atoms with E-state index in [1.54, 1.807) is 0 Å². The lowest BCUT2D eigenvalue weighted by atomic mass is 10.1. The van der Waals surface area contributed by atoms with Gasteiger partial charge in [-0.1, -0.05) is 24.3 Å². The largest absolute Gasteiger partial charge is 0.327 e. The minimum absolute atomic E-state index is 0.605. The third kappa shape index (κ3) is 1.59. The lowest BCUT2D eigenvalue weighted by Crippen LogP contribution is -1.91. The van der Waals surface area contributed by atoms with E-state index in [-0.39, 0.29) is 0 Å². The van der Waals surface area contributed by atoms with Crippen molar-refractivity contribution in [2.24, 2.45) is 5.73 Å². The van der Waals surface area contributed by atoms with Crippen LogP contribution in [0.1, 0.15) is 10.4 Å². The Morgan fingerprint density at radius 3 is 2.86 bits per heavy atom. The molecule has 1 nitrogen and oxygen atoms in total. The van der Waals surface area contributed by atoms with Crippen LogP contribution in [0.25, 0.3) is 16.2 Å². The fourth-order valence-electron chi connectivity index (χ4n) is 1.53. The van der Waals surface area contributed by atoms with Gasteiger partial charge in [-0.25, -0.2) is 0 Å². The fourth-order valence-corrected chi connectivity index (χ4v) is 2.67. The fraction of sp³-hybridized carbons (Fsp3) is 0.167. The molecule has 0 aliphatic heterocycles. The molecule has 0 saturated heterocycles. The van der Waals surface area contributed by atoms with Crippen LogP contribution in [0.2, 0.25) is 0 Å². The average molecular weight is 203 g/mol. The van der Waals surface area contributed by atoms with E-state index in [1.807, 2.05) is 17.4 Å². The first-order chi connectivity index (χ1) is 6.83. The monoisotopic (exact) mass is 203 g/mol. The molecule has 0 spiro atoms. The highest BCUT2D eigenvalue weighted by Gasteiger charge is 2.03. The summed E-state index contributed by atoms with van der Waals surface area (Å²) in [5.74, 6) is 0. The van der Waals surface area contributed by atoms with Crippen LogP contribution in [0.5, 0.6) is 0 Å². The number of nitrogens with two attached hydrogens (primary N) is 1. The number of thiophene rings is 1. The van der Waals surface area contributed by atoms with Gasteiger partial charge in [0.05, 0.1) is 0 Å². The van der Waals surface area contributed by atoms with E-state index in [4.69, 9.17) is 5.73 Å². The smallest absolute Gasteiger partial charge is 0.0351 e. The predicted octanol–water partition coefficient (Wildman–Crippen LogP) is 3.18. The summed E-state index contributed by atoms with van der Waals surface area (Å²) in [6.45, 7) is 2.77. The van der Waals surface area contributed by atoms with Gasteiger partial charge in [-0.3, -0.25) is 0 Å². The number of fused-ring (bicyclic) bond motifs is 1. The number of hydrogen-bond donors (Lipinski definition) is 1. The first kappa shape index (κ1) is 9.44. The summed E-state index contributed by atoms with van der Waals surface area (Å²) >= 11 is 1.82. The molecular weight excluding hydrogens is 190 g/mol. The van der Waals surface area contributed by atoms with Crippen molar-refractivity contribution in [3.05, 3.63) is 40.8 Å². The molecule has 0 bridgehead atoms. The summed E-state index contributed by atoms with van der Waals surface area (Å²) in [4.78, 5) is 1.32. The Hall–Kier alpha value is -1.12. The van der Waals surface area contributed by atoms with Crippen molar-refractivity contribution < 1.29 is 0 Å². The second-order valence-corrected chi connectivity index (χ2v) is 4.31. The van der Waals surface area contributed by atoms with Gasteiger partial charge in [-0.2, -0.15) is 0 Å². The zero-order valence-corrected chi connectivity index (χ0v) is 8.97. The van der Waals surface area contributed by atoms with Gasteiger partial charge in [0, 0.05) is 16.1 Å². The van der Waals surface area contributed by atoms with Crippen molar-refractivity contribution in [1.82, 2.24) is 0 Å². The highest BCUT2D eigenvalue weighted by Crippen LogP contribution is 2.31. The molecule has 2 rings (SSSR count). The van der Waals surface area contributed by atoms with Crippen LogP contribution < -0.4 is 5.73 Å². The van der Waals surface area contributed by atoms with E-state index >= 15 is 0 Å². The molecule has 72 valence electrons. The molecule has 0 amide bonds. The maximum Gasteiger partial charge on any atom is 0.0351 e. The number of benzene rings is 1. The minimum atomic E-state index is 0.605. The standard InChI is InChI=1S/C12H13NS/c1-9-10-5-2-3-6-12(10)14-11(9)7-4-8-13/h2-7H,8,13H2,1H3. The Morgan fingerprint density at radius 1 is 1.36 bits per heavy atom. The van der Waals surface area contributed by atoms with Crippen molar-refractivity contribution in [1.29, 1.82) is 0 Å². The van der Waals surface area contributed by atoms with Crippen LogP contribution in [0.3, 0.4) is 0 Å². The zero-order valence-electron chi connectivity index (χ0n) is 8.16. The summed E-state index contributed by atoms with van der Waals surface area (Å²) in [6, 6.07) is 8.49. The van der Waals surface area contributed by atoms with E-state index in [2.05, 4.69) is 37.3 Å². The maximum absolute atomic E-state index is 5.44. The van der Waals surface area contributed by atoms with Crippen LogP contribution in [0.4, 0.5) is 0 Å². The molecule has 1 aromatic heterocycles. The van der Waals surface area contributed by atoms with E-state index in [1.165, 1.54) is 20.5 Å². The van der Waals surface area contributed by atoms with Crippen molar-refractivity contribution in [3.63, 3.8) is 0 Å². The van der Waals surface area contributed by atoms with Crippen molar-refractivity contribution in [2.75, 3.05) is 6.54 Å². The third-order valence-electron chi connectivity index (χ3n) is 2.29. The molecule has 14 heavy (non-hydrogen) atoms. The Bertz CT molecular complexity index is 468. The van der Waals surface area contributed by atoms with Crippen LogP contribution in [0.15, 0.2) is 30.3 Å². The molecule has 1 heterocycles. The van der Waals surface area contributed by atoms with Crippen LogP contribution >= 0.6 is 11.3 Å². The molecule has 0 fully saturated rings. The summed E-state index contributed by atoms with van der Waals surface area (Å²) < 4.78 is 1.35. The number of rotatable bonds is 2. The van der Waals surface area contributed by atoms with Gasteiger partial charge >= 0.3 is 0 Å². The zero-order chi connectivity index (χ0) is 9.97. The van der Waals surface area contributed by atoms with Gasteiger partial charge in [0.2, 0.25) is 0 Å². The average Bonchev–Trinajstić information content (AvgIpc) is 2.54. The van der Waals surface area contributed by atoms with E-state index in [0.29, 0.717) is 6.54 Å². The predicted molar refractivity (Wildman–Crippen MR) is 64.7 cm³/mol. The third-order valence-corrected chi connectivity index (χ3v) is 3.52. The van der Waals surface area contributed by atoms with Gasteiger partial charge in [0.25, 0.3) is 0 Å². The van der Waals surface area contributed by atoms with Crippen LogP contribution in [0, 0.1) is 6.92 Å². The summed E-state index contributed by atoms with van der Waals surface area (Å²) in [7, 11) is 0. The summed E-state index contributed by atoms with van der Waals surface area (Å²) in [5, 5.41) is 1.36. The molecular formula is C12H13NS. The molecule has 0 aliphatic rings. The summed E-state index contributed by atoms with van der Waals surface area (Å²) in [6.07, 6.45) is 4.11. The van der Waals surface area contributed by atoms with Crippen molar-refractivity contribution >= 4 is 27.5 Å².